The number of hydrogen-bond donors (Lipinski definition) is 2. The maximum Gasteiger partial charge on any atom is 0.272 e. The van der Waals surface area contributed by atoms with Crippen molar-refractivity contribution in [2.24, 2.45) is 0 Å². The van der Waals surface area contributed by atoms with E-state index >= 15 is 0 Å². The normalized spacial score (nSPS) is 10.7. The fourth-order valence-electron chi connectivity index (χ4n) is 1.39. The number of carbonyl (C=O) groups is 1. The first kappa shape index (κ1) is 14.5. The topological polar surface area (TPSA) is 44.9 Å². The van der Waals surface area contributed by atoms with Crippen LogP contribution in [0, 0.1) is 29.1 Å². The van der Waals surface area contributed by atoms with Crippen molar-refractivity contribution in [3.63, 3.8) is 0 Å². The van der Waals surface area contributed by atoms with Gasteiger partial charge in [0.1, 0.15) is 11.4 Å². The first-order valence-corrected chi connectivity index (χ1v) is 5.79. The third-order valence-electron chi connectivity index (χ3n) is 2.34. The fraction of sp³-hybridized carbons (Fsp3) is 0. The van der Waals surface area contributed by atoms with Crippen LogP contribution >= 0.6 is 15.9 Å². The van der Waals surface area contributed by atoms with E-state index in [0.29, 0.717) is 4.47 Å². The molecule has 2 rings (SSSR count). The number of halogens is 6. The van der Waals surface area contributed by atoms with Crippen LogP contribution in [0.15, 0.2) is 16.7 Å². The maximum absolute atomic E-state index is 13.3. The molecule has 3 nitrogen and oxygen atoms in total. The Morgan fingerprint density at radius 2 is 1.50 bits per heavy atom. The quantitative estimate of drug-likeness (QED) is 0.481. The van der Waals surface area contributed by atoms with E-state index in [4.69, 9.17) is 0 Å². The second-order valence-electron chi connectivity index (χ2n) is 3.63. The van der Waals surface area contributed by atoms with E-state index < -0.39 is 40.7 Å². The van der Waals surface area contributed by atoms with Crippen LogP contribution in [0.2, 0.25) is 0 Å². The number of benzene rings is 1. The van der Waals surface area contributed by atoms with Gasteiger partial charge in [-0.15, -0.1) is 0 Å². The lowest BCUT2D eigenvalue weighted by atomic mass is 10.2. The standard InChI is InChI=1S/C11H4BrF5N2O/c12-3-1-4(18-2-3)11(20)19-10-8(16)6(14)5(13)7(15)9(10)17/h1-2,18H,(H,19,20). The molecule has 0 atom stereocenters. The molecule has 1 heterocycles. The molecule has 0 saturated carbocycles. The monoisotopic (exact) mass is 354 g/mol. The Kier molecular flexibility index (Phi) is 3.80. The molecule has 1 amide bonds. The molecule has 0 spiro atoms. The molecule has 1 aromatic carbocycles. The van der Waals surface area contributed by atoms with E-state index in [0.717, 1.165) is 0 Å². The Morgan fingerprint density at radius 1 is 1.00 bits per heavy atom. The average Bonchev–Trinajstić information content (AvgIpc) is 2.85. The number of carbonyl (C=O) groups excluding carboxylic acids is 1. The second kappa shape index (κ2) is 5.23. The summed E-state index contributed by atoms with van der Waals surface area (Å²) in [5, 5.41) is 1.63. The zero-order valence-electron chi connectivity index (χ0n) is 9.33. The summed E-state index contributed by atoms with van der Waals surface area (Å²) >= 11 is 3.02. The summed E-state index contributed by atoms with van der Waals surface area (Å²) in [6, 6.07) is 1.27. The highest BCUT2D eigenvalue weighted by Crippen LogP contribution is 2.27. The first-order valence-electron chi connectivity index (χ1n) is 4.99. The minimum absolute atomic E-state index is 0.124. The van der Waals surface area contributed by atoms with Crippen molar-refractivity contribution in [1.82, 2.24) is 4.98 Å². The number of aromatic amines is 1. The van der Waals surface area contributed by atoms with Crippen LogP contribution in [-0.4, -0.2) is 10.9 Å². The van der Waals surface area contributed by atoms with Crippen molar-refractivity contribution in [2.45, 2.75) is 0 Å². The number of anilines is 1. The maximum atomic E-state index is 13.3. The number of aromatic nitrogens is 1. The molecule has 0 aliphatic rings. The van der Waals surface area contributed by atoms with Crippen molar-refractivity contribution in [2.75, 3.05) is 5.32 Å². The smallest absolute Gasteiger partial charge is 0.272 e. The van der Waals surface area contributed by atoms with Crippen LogP contribution in [0.3, 0.4) is 0 Å². The van der Waals surface area contributed by atoms with Gasteiger partial charge in [-0.05, 0) is 22.0 Å². The van der Waals surface area contributed by atoms with Crippen molar-refractivity contribution in [1.29, 1.82) is 0 Å². The molecule has 1 aromatic heterocycles. The molecule has 0 unspecified atom stereocenters. The van der Waals surface area contributed by atoms with Gasteiger partial charge in [0.25, 0.3) is 5.91 Å². The van der Waals surface area contributed by atoms with Crippen LogP contribution in [-0.2, 0) is 0 Å². The van der Waals surface area contributed by atoms with Gasteiger partial charge in [0.2, 0.25) is 5.82 Å². The van der Waals surface area contributed by atoms with E-state index in [2.05, 4.69) is 20.9 Å². The van der Waals surface area contributed by atoms with Crippen LogP contribution in [0.25, 0.3) is 0 Å². The van der Waals surface area contributed by atoms with Gasteiger partial charge in [-0.2, -0.15) is 0 Å². The Morgan fingerprint density at radius 3 is 1.95 bits per heavy atom. The molecule has 0 bridgehead atoms. The van der Waals surface area contributed by atoms with Crippen LogP contribution < -0.4 is 5.32 Å². The molecule has 2 N–H and O–H groups in total. The van der Waals surface area contributed by atoms with Crippen LogP contribution in [0.4, 0.5) is 27.6 Å². The van der Waals surface area contributed by atoms with E-state index in [-0.39, 0.29) is 5.69 Å². The lowest BCUT2D eigenvalue weighted by Gasteiger charge is -2.09. The second-order valence-corrected chi connectivity index (χ2v) is 4.55. The predicted molar refractivity (Wildman–Crippen MR) is 62.7 cm³/mol. The number of amides is 1. The van der Waals surface area contributed by atoms with E-state index in [1.54, 1.807) is 5.32 Å². The van der Waals surface area contributed by atoms with Gasteiger partial charge in [-0.1, -0.05) is 0 Å². The summed E-state index contributed by atoms with van der Waals surface area (Å²) in [6.07, 6.45) is 1.35. The molecule has 0 saturated heterocycles. The van der Waals surface area contributed by atoms with E-state index in [1.165, 1.54) is 12.3 Å². The van der Waals surface area contributed by atoms with Crippen molar-refractivity contribution in [3.8, 4) is 0 Å². The fourth-order valence-corrected chi connectivity index (χ4v) is 1.74. The molecule has 0 aliphatic heterocycles. The summed E-state index contributed by atoms with van der Waals surface area (Å²) in [4.78, 5) is 14.0. The van der Waals surface area contributed by atoms with Gasteiger partial charge in [-0.25, -0.2) is 22.0 Å². The molecular formula is C11H4BrF5N2O. The van der Waals surface area contributed by atoms with E-state index in [9.17, 15) is 26.7 Å². The number of rotatable bonds is 2. The third-order valence-corrected chi connectivity index (χ3v) is 2.80. The Balaban J connectivity index is 2.42. The summed E-state index contributed by atoms with van der Waals surface area (Å²) < 4.78 is 65.8. The Hall–Kier alpha value is -1.90. The van der Waals surface area contributed by atoms with Crippen LogP contribution in [0.1, 0.15) is 10.5 Å². The summed E-state index contributed by atoms with van der Waals surface area (Å²) in [6.45, 7) is 0. The highest BCUT2D eigenvalue weighted by atomic mass is 79.9. The molecule has 106 valence electrons. The van der Waals surface area contributed by atoms with Gasteiger partial charge in [0.15, 0.2) is 23.3 Å². The highest BCUT2D eigenvalue weighted by Gasteiger charge is 2.27. The first-order chi connectivity index (χ1) is 9.32. The minimum Gasteiger partial charge on any atom is -0.356 e. The largest absolute Gasteiger partial charge is 0.356 e. The zero-order chi connectivity index (χ0) is 15.0. The lowest BCUT2D eigenvalue weighted by Crippen LogP contribution is -2.17. The Labute approximate surface area is 116 Å². The van der Waals surface area contributed by atoms with Gasteiger partial charge in [0.05, 0.1) is 0 Å². The number of H-pyrrole nitrogens is 1. The molecule has 0 aliphatic carbocycles. The SMILES string of the molecule is O=C(Nc1c(F)c(F)c(F)c(F)c1F)c1cc(Br)c[nH]1. The molecule has 9 heteroatoms. The predicted octanol–water partition coefficient (Wildman–Crippen LogP) is 3.73. The van der Waals surface area contributed by atoms with Gasteiger partial charge < -0.3 is 10.3 Å². The number of hydrogen-bond acceptors (Lipinski definition) is 1. The summed E-state index contributed by atoms with van der Waals surface area (Å²) in [5.41, 5.74) is -1.53. The number of nitrogens with one attached hydrogen (secondary N) is 2. The van der Waals surface area contributed by atoms with Crippen molar-refractivity contribution >= 4 is 27.5 Å². The molecular weight excluding hydrogens is 351 g/mol. The zero-order valence-corrected chi connectivity index (χ0v) is 10.9. The summed E-state index contributed by atoms with van der Waals surface area (Å²) in [5.74, 6) is -11.8. The van der Waals surface area contributed by atoms with Gasteiger partial charge in [0, 0.05) is 10.7 Å². The van der Waals surface area contributed by atoms with Gasteiger partial charge >= 0.3 is 0 Å². The molecule has 20 heavy (non-hydrogen) atoms. The van der Waals surface area contributed by atoms with E-state index in [1.807, 2.05) is 0 Å². The van der Waals surface area contributed by atoms with Crippen LogP contribution in [0.5, 0.6) is 0 Å². The third kappa shape index (κ3) is 2.40. The lowest BCUT2D eigenvalue weighted by molar-refractivity contribution is 0.102. The summed E-state index contributed by atoms with van der Waals surface area (Å²) in [7, 11) is 0. The average molecular weight is 355 g/mol. The Bertz CT molecular complexity index is 671. The minimum atomic E-state index is -2.29. The van der Waals surface area contributed by atoms with Crippen molar-refractivity contribution < 1.29 is 26.7 Å². The van der Waals surface area contributed by atoms with Crippen molar-refractivity contribution in [3.05, 3.63) is 51.5 Å². The highest BCUT2D eigenvalue weighted by molar-refractivity contribution is 9.10. The molecule has 2 aromatic rings. The van der Waals surface area contributed by atoms with Gasteiger partial charge in [-0.3, -0.25) is 4.79 Å². The molecule has 0 fully saturated rings. The molecule has 0 radical (unpaired) electrons.